The lowest BCUT2D eigenvalue weighted by Gasteiger charge is -2.08. The van der Waals surface area contributed by atoms with Crippen LogP contribution in [0.15, 0.2) is 66.7 Å². The number of rotatable bonds is 4. The maximum absolute atomic E-state index is 12.4. The van der Waals surface area contributed by atoms with Crippen molar-refractivity contribution in [3.8, 4) is 0 Å². The highest BCUT2D eigenvalue weighted by molar-refractivity contribution is 6.33. The van der Waals surface area contributed by atoms with Crippen molar-refractivity contribution in [2.24, 2.45) is 0 Å². The molecule has 0 bridgehead atoms. The molecule has 2 N–H and O–H groups in total. The molecule has 1 heterocycles. The minimum atomic E-state index is -0.459. The van der Waals surface area contributed by atoms with E-state index in [1.54, 1.807) is 54.6 Å². The van der Waals surface area contributed by atoms with E-state index in [9.17, 15) is 9.59 Å². The molecule has 0 fully saturated rings. The van der Waals surface area contributed by atoms with Gasteiger partial charge in [0.15, 0.2) is 0 Å². The van der Waals surface area contributed by atoms with E-state index in [1.165, 1.54) is 12.1 Å². The Morgan fingerprint density at radius 2 is 1.35 bits per heavy atom. The molecule has 2 amide bonds. The van der Waals surface area contributed by atoms with Crippen molar-refractivity contribution >= 4 is 46.4 Å². The predicted molar refractivity (Wildman–Crippen MR) is 103 cm³/mol. The Hall–Kier alpha value is -2.89. The van der Waals surface area contributed by atoms with Gasteiger partial charge in [0.05, 0.1) is 10.7 Å². The fraction of sp³-hybridized carbons (Fsp3) is 0. The third-order valence-electron chi connectivity index (χ3n) is 3.44. The highest BCUT2D eigenvalue weighted by Gasteiger charge is 2.13. The number of pyridine rings is 1. The van der Waals surface area contributed by atoms with Gasteiger partial charge in [-0.25, -0.2) is 4.98 Å². The molecule has 0 aliphatic carbocycles. The van der Waals surface area contributed by atoms with Crippen LogP contribution >= 0.6 is 23.2 Å². The van der Waals surface area contributed by atoms with E-state index in [2.05, 4.69) is 15.6 Å². The number of hydrogen-bond acceptors (Lipinski definition) is 3. The van der Waals surface area contributed by atoms with Gasteiger partial charge in [-0.3, -0.25) is 9.59 Å². The molecule has 0 radical (unpaired) electrons. The van der Waals surface area contributed by atoms with Crippen LogP contribution in [0.2, 0.25) is 10.0 Å². The first-order chi connectivity index (χ1) is 12.5. The number of aromatic nitrogens is 1. The summed E-state index contributed by atoms with van der Waals surface area (Å²) in [5.74, 6) is -0.890. The number of anilines is 2. The zero-order valence-corrected chi connectivity index (χ0v) is 14.9. The predicted octanol–water partition coefficient (Wildman–Crippen LogP) is 4.89. The van der Waals surface area contributed by atoms with Gasteiger partial charge in [0.2, 0.25) is 0 Å². The number of carbonyl (C=O) groups excluding carboxylic acids is 2. The third-order valence-corrected chi connectivity index (χ3v) is 4.02. The maximum Gasteiger partial charge on any atom is 0.274 e. The Balaban J connectivity index is 1.75. The molecular weight excluding hydrogens is 373 g/mol. The number of nitrogens with one attached hydrogen (secondary N) is 2. The largest absolute Gasteiger partial charge is 0.321 e. The van der Waals surface area contributed by atoms with Crippen LogP contribution in [0.1, 0.15) is 21.0 Å². The van der Waals surface area contributed by atoms with E-state index in [0.29, 0.717) is 21.4 Å². The van der Waals surface area contributed by atoms with Crippen LogP contribution in [0.4, 0.5) is 11.4 Å². The maximum atomic E-state index is 12.4. The second-order valence-corrected chi connectivity index (χ2v) is 6.15. The lowest BCUT2D eigenvalue weighted by atomic mass is 10.2. The summed E-state index contributed by atoms with van der Waals surface area (Å²) in [6.45, 7) is 0. The minimum absolute atomic E-state index is 0.105. The first-order valence-corrected chi connectivity index (χ1v) is 8.38. The van der Waals surface area contributed by atoms with Crippen LogP contribution in [0, 0.1) is 0 Å². The smallest absolute Gasteiger partial charge is 0.274 e. The van der Waals surface area contributed by atoms with Crippen molar-refractivity contribution in [2.75, 3.05) is 10.6 Å². The molecule has 3 rings (SSSR count). The molecular formula is C19H13Cl2N3O2. The molecule has 7 heteroatoms. The lowest BCUT2D eigenvalue weighted by molar-refractivity contribution is 0.101. The quantitative estimate of drug-likeness (QED) is 0.671. The van der Waals surface area contributed by atoms with Crippen LogP contribution in [-0.2, 0) is 0 Å². The molecule has 0 unspecified atom stereocenters. The summed E-state index contributed by atoms with van der Waals surface area (Å²) in [6.07, 6.45) is 0. The van der Waals surface area contributed by atoms with Gasteiger partial charge in [0, 0.05) is 10.7 Å². The summed E-state index contributed by atoms with van der Waals surface area (Å²) >= 11 is 11.8. The van der Waals surface area contributed by atoms with Gasteiger partial charge < -0.3 is 10.6 Å². The fourth-order valence-corrected chi connectivity index (χ4v) is 2.47. The summed E-state index contributed by atoms with van der Waals surface area (Å²) in [7, 11) is 0. The number of benzene rings is 2. The molecule has 130 valence electrons. The molecule has 0 aliphatic heterocycles. The molecule has 0 saturated heterocycles. The summed E-state index contributed by atoms with van der Waals surface area (Å²) in [6, 6.07) is 18.2. The Morgan fingerprint density at radius 3 is 2.00 bits per heavy atom. The standard InChI is InChI=1S/C19H13Cl2N3O2/c20-12-8-10-13(11-9-12)22-18(25)16-6-3-7-17(23-16)19(26)24-15-5-2-1-4-14(15)21/h1-11H,(H,22,25)(H,24,26). The van der Waals surface area contributed by atoms with Gasteiger partial charge in [-0.1, -0.05) is 41.4 Å². The summed E-state index contributed by atoms with van der Waals surface area (Å²) in [5, 5.41) is 6.35. The van der Waals surface area contributed by atoms with Gasteiger partial charge in [-0.05, 0) is 48.5 Å². The van der Waals surface area contributed by atoms with E-state index >= 15 is 0 Å². The molecule has 0 aliphatic rings. The second kappa shape index (κ2) is 7.99. The molecule has 0 saturated carbocycles. The van der Waals surface area contributed by atoms with Gasteiger partial charge in [0.1, 0.15) is 11.4 Å². The highest BCUT2D eigenvalue weighted by atomic mass is 35.5. The average molecular weight is 386 g/mol. The Bertz CT molecular complexity index is 959. The molecule has 3 aromatic rings. The van der Waals surface area contributed by atoms with Crippen LogP contribution in [0.25, 0.3) is 0 Å². The number of halogens is 2. The van der Waals surface area contributed by atoms with Crippen LogP contribution in [-0.4, -0.2) is 16.8 Å². The van der Waals surface area contributed by atoms with E-state index in [4.69, 9.17) is 23.2 Å². The molecule has 1 aromatic heterocycles. The normalized spacial score (nSPS) is 10.2. The zero-order valence-electron chi connectivity index (χ0n) is 13.4. The number of amides is 2. The van der Waals surface area contributed by atoms with Crippen LogP contribution in [0.5, 0.6) is 0 Å². The van der Waals surface area contributed by atoms with Crippen LogP contribution < -0.4 is 10.6 Å². The molecule has 5 nitrogen and oxygen atoms in total. The Kier molecular flexibility index (Phi) is 5.51. The number of para-hydroxylation sites is 1. The molecule has 2 aromatic carbocycles. The van der Waals surface area contributed by atoms with Crippen molar-refractivity contribution < 1.29 is 9.59 Å². The Labute approximate surface area is 160 Å². The van der Waals surface area contributed by atoms with Crippen molar-refractivity contribution in [1.29, 1.82) is 0 Å². The van der Waals surface area contributed by atoms with E-state index < -0.39 is 11.8 Å². The first kappa shape index (κ1) is 17.9. The third kappa shape index (κ3) is 4.39. The molecule has 0 spiro atoms. The number of hydrogen-bond donors (Lipinski definition) is 2. The van der Waals surface area contributed by atoms with Gasteiger partial charge in [-0.15, -0.1) is 0 Å². The van der Waals surface area contributed by atoms with Crippen molar-refractivity contribution in [3.05, 3.63) is 88.2 Å². The summed E-state index contributed by atoms with van der Waals surface area (Å²) < 4.78 is 0. The van der Waals surface area contributed by atoms with Crippen molar-refractivity contribution in [1.82, 2.24) is 4.98 Å². The average Bonchev–Trinajstić information content (AvgIpc) is 2.65. The van der Waals surface area contributed by atoms with E-state index in [-0.39, 0.29) is 11.4 Å². The number of carbonyl (C=O) groups is 2. The second-order valence-electron chi connectivity index (χ2n) is 5.30. The lowest BCUT2D eigenvalue weighted by Crippen LogP contribution is -2.18. The van der Waals surface area contributed by atoms with Crippen molar-refractivity contribution in [2.45, 2.75) is 0 Å². The van der Waals surface area contributed by atoms with E-state index in [1.807, 2.05) is 0 Å². The summed E-state index contributed by atoms with van der Waals surface area (Å²) in [5.41, 5.74) is 1.27. The van der Waals surface area contributed by atoms with Crippen LogP contribution in [0.3, 0.4) is 0 Å². The zero-order chi connectivity index (χ0) is 18.5. The fourth-order valence-electron chi connectivity index (χ4n) is 2.16. The van der Waals surface area contributed by atoms with Gasteiger partial charge >= 0.3 is 0 Å². The number of nitrogens with zero attached hydrogens (tertiary/aromatic N) is 1. The topological polar surface area (TPSA) is 71.1 Å². The SMILES string of the molecule is O=C(Nc1ccc(Cl)cc1)c1cccc(C(=O)Nc2ccccc2Cl)n1. The van der Waals surface area contributed by atoms with Crippen molar-refractivity contribution in [3.63, 3.8) is 0 Å². The monoisotopic (exact) mass is 385 g/mol. The molecule has 0 atom stereocenters. The Morgan fingerprint density at radius 1 is 0.731 bits per heavy atom. The van der Waals surface area contributed by atoms with Gasteiger partial charge in [0.25, 0.3) is 11.8 Å². The first-order valence-electron chi connectivity index (χ1n) is 7.63. The minimum Gasteiger partial charge on any atom is -0.321 e. The highest BCUT2D eigenvalue weighted by Crippen LogP contribution is 2.21. The molecule has 26 heavy (non-hydrogen) atoms. The van der Waals surface area contributed by atoms with Gasteiger partial charge in [-0.2, -0.15) is 0 Å². The summed E-state index contributed by atoms with van der Waals surface area (Å²) in [4.78, 5) is 28.8. The van der Waals surface area contributed by atoms with E-state index in [0.717, 1.165) is 0 Å².